The Kier molecular flexibility index (Phi) is 4.48. The number of aryl methyl sites for hydroxylation is 1. The molecule has 0 saturated carbocycles. The van der Waals surface area contributed by atoms with Gasteiger partial charge in [-0.05, 0) is 54.4 Å². The largest absolute Gasteiger partial charge is 0.508 e. The molecule has 0 saturated heterocycles. The predicted molar refractivity (Wildman–Crippen MR) is 114 cm³/mol. The van der Waals surface area contributed by atoms with Gasteiger partial charge in [0, 0.05) is 16.1 Å². The smallest absolute Gasteiger partial charge is 0.273 e. The second-order valence-corrected chi connectivity index (χ2v) is 7.90. The number of furan rings is 1. The molecule has 1 unspecified atom stereocenters. The third kappa shape index (κ3) is 3.14. The summed E-state index contributed by atoms with van der Waals surface area (Å²) in [7, 11) is 0. The van der Waals surface area contributed by atoms with Gasteiger partial charge in [0.2, 0.25) is 0 Å². The van der Waals surface area contributed by atoms with Gasteiger partial charge >= 0.3 is 0 Å². The van der Waals surface area contributed by atoms with Crippen LogP contribution in [0.1, 0.15) is 39.0 Å². The Morgan fingerprint density at radius 1 is 1.19 bits per heavy atom. The number of carbonyl (C=O) groups is 1. The minimum atomic E-state index is -0.548. The molecule has 5 rings (SSSR count). The zero-order valence-corrected chi connectivity index (χ0v) is 17.2. The van der Waals surface area contributed by atoms with E-state index in [1.54, 1.807) is 60.6 Å². The van der Waals surface area contributed by atoms with Crippen molar-refractivity contribution in [2.45, 2.75) is 19.5 Å². The predicted octanol–water partition coefficient (Wildman–Crippen LogP) is 4.79. The molecule has 4 aromatic rings. The molecule has 0 bridgehead atoms. The quantitative estimate of drug-likeness (QED) is 0.427. The number of nitrogens with one attached hydrogen (secondary N) is 1. The van der Waals surface area contributed by atoms with Crippen LogP contribution in [0.25, 0.3) is 11.3 Å². The highest BCUT2D eigenvalue weighted by Gasteiger charge is 2.43. The van der Waals surface area contributed by atoms with Crippen molar-refractivity contribution in [3.63, 3.8) is 0 Å². The molecule has 7 nitrogen and oxygen atoms in total. The van der Waals surface area contributed by atoms with Crippen molar-refractivity contribution in [3.8, 4) is 22.8 Å². The number of rotatable bonds is 4. The fourth-order valence-corrected chi connectivity index (χ4v) is 4.20. The first-order valence-corrected chi connectivity index (χ1v) is 10.0. The van der Waals surface area contributed by atoms with E-state index in [1.807, 2.05) is 6.07 Å². The summed E-state index contributed by atoms with van der Waals surface area (Å²) in [6.45, 7) is 2.03. The van der Waals surface area contributed by atoms with Gasteiger partial charge in [-0.3, -0.25) is 9.89 Å². The molecule has 1 aliphatic rings. The molecule has 8 heteroatoms. The van der Waals surface area contributed by atoms with Gasteiger partial charge in [-0.25, -0.2) is 0 Å². The summed E-state index contributed by atoms with van der Waals surface area (Å²) in [4.78, 5) is 14.9. The lowest BCUT2D eigenvalue weighted by Gasteiger charge is -2.25. The minimum absolute atomic E-state index is 0.0165. The van der Waals surface area contributed by atoms with Crippen LogP contribution in [-0.2, 0) is 6.54 Å². The highest BCUT2D eigenvalue weighted by molar-refractivity contribution is 6.31. The molecule has 0 radical (unpaired) electrons. The van der Waals surface area contributed by atoms with E-state index in [9.17, 15) is 15.0 Å². The average Bonchev–Trinajstić information content (AvgIpc) is 3.45. The van der Waals surface area contributed by atoms with Crippen LogP contribution in [0.5, 0.6) is 11.5 Å². The Hall–Kier alpha value is -3.71. The second-order valence-electron chi connectivity index (χ2n) is 7.49. The molecule has 31 heavy (non-hydrogen) atoms. The molecule has 1 amide bonds. The van der Waals surface area contributed by atoms with E-state index in [0.717, 1.165) is 5.56 Å². The molecule has 0 spiro atoms. The first kappa shape index (κ1) is 19.3. The molecule has 0 fully saturated rings. The minimum Gasteiger partial charge on any atom is -0.508 e. The molecule has 1 atom stereocenters. The lowest BCUT2D eigenvalue weighted by molar-refractivity contribution is 0.0716. The summed E-state index contributed by atoms with van der Waals surface area (Å²) in [6, 6.07) is 13.0. The molecule has 1 aliphatic heterocycles. The summed E-state index contributed by atoms with van der Waals surface area (Å²) < 4.78 is 5.46. The summed E-state index contributed by atoms with van der Waals surface area (Å²) >= 11 is 6.31. The summed E-state index contributed by atoms with van der Waals surface area (Å²) in [5.41, 5.74) is 3.22. The number of H-pyrrole nitrogens is 1. The Balaban J connectivity index is 1.70. The van der Waals surface area contributed by atoms with Gasteiger partial charge in [-0.1, -0.05) is 23.7 Å². The zero-order valence-electron chi connectivity index (χ0n) is 16.5. The number of benzene rings is 2. The van der Waals surface area contributed by atoms with Crippen molar-refractivity contribution in [2.24, 2.45) is 0 Å². The maximum absolute atomic E-state index is 13.3. The molecule has 3 N–H and O–H groups in total. The Morgan fingerprint density at radius 2 is 2.03 bits per heavy atom. The Morgan fingerprint density at radius 3 is 2.77 bits per heavy atom. The van der Waals surface area contributed by atoms with Crippen LogP contribution in [-0.4, -0.2) is 31.2 Å². The third-order valence-corrected chi connectivity index (χ3v) is 5.90. The van der Waals surface area contributed by atoms with Gasteiger partial charge in [-0.15, -0.1) is 0 Å². The standard InChI is InChI=1S/C23H18ClN3O4/c1-12-8-18(29)16(10-17(12)24)20-19-21(26-25-20)23(30)27(11-15-6-3-7-31-15)22(19)13-4-2-5-14(28)9-13/h2-10,22,28-29H,11H2,1H3,(H,25,26). The normalized spacial score (nSPS) is 15.5. The van der Waals surface area contributed by atoms with Crippen LogP contribution in [0.3, 0.4) is 0 Å². The number of aromatic hydroxyl groups is 2. The number of phenolic OH excluding ortho intramolecular Hbond substituents is 2. The summed E-state index contributed by atoms with van der Waals surface area (Å²) in [5.74, 6) is 0.473. The monoisotopic (exact) mass is 435 g/mol. The number of carbonyl (C=O) groups excluding carboxylic acids is 1. The van der Waals surface area contributed by atoms with E-state index in [1.165, 1.54) is 0 Å². The number of phenols is 2. The van der Waals surface area contributed by atoms with Gasteiger partial charge in [0.25, 0.3) is 5.91 Å². The lowest BCUT2D eigenvalue weighted by atomic mass is 9.95. The number of halogens is 1. The average molecular weight is 436 g/mol. The van der Waals surface area contributed by atoms with Gasteiger partial charge in [0.05, 0.1) is 18.8 Å². The Labute approximate surface area is 182 Å². The van der Waals surface area contributed by atoms with Crippen molar-refractivity contribution in [1.82, 2.24) is 15.1 Å². The summed E-state index contributed by atoms with van der Waals surface area (Å²) in [6.07, 6.45) is 1.55. The van der Waals surface area contributed by atoms with E-state index in [4.69, 9.17) is 16.0 Å². The highest BCUT2D eigenvalue weighted by Crippen LogP contribution is 2.46. The molecule has 0 aliphatic carbocycles. The number of hydrogen-bond donors (Lipinski definition) is 3. The third-order valence-electron chi connectivity index (χ3n) is 5.49. The van der Waals surface area contributed by atoms with Gasteiger partial charge < -0.3 is 19.5 Å². The van der Waals surface area contributed by atoms with E-state index in [2.05, 4.69) is 10.2 Å². The molecular weight excluding hydrogens is 418 g/mol. The first-order valence-electron chi connectivity index (χ1n) is 9.64. The molecule has 156 valence electrons. The molecule has 2 aromatic carbocycles. The summed E-state index contributed by atoms with van der Waals surface area (Å²) in [5, 5.41) is 28.3. The van der Waals surface area contributed by atoms with Gasteiger partial charge in [0.1, 0.15) is 28.6 Å². The van der Waals surface area contributed by atoms with E-state index < -0.39 is 6.04 Å². The fourth-order valence-electron chi connectivity index (χ4n) is 4.03. The van der Waals surface area contributed by atoms with Gasteiger partial charge in [0.15, 0.2) is 0 Å². The van der Waals surface area contributed by atoms with Crippen LogP contribution < -0.4 is 0 Å². The SMILES string of the molecule is Cc1cc(O)c(-c2n[nH]c3c2C(c2cccc(O)c2)N(Cc2ccco2)C3=O)cc1Cl. The van der Waals surface area contributed by atoms with Crippen molar-refractivity contribution >= 4 is 17.5 Å². The highest BCUT2D eigenvalue weighted by atomic mass is 35.5. The van der Waals surface area contributed by atoms with Crippen LogP contribution in [0.15, 0.2) is 59.2 Å². The molecule has 2 aromatic heterocycles. The maximum atomic E-state index is 13.3. The van der Waals surface area contributed by atoms with Crippen molar-refractivity contribution in [1.29, 1.82) is 0 Å². The van der Waals surface area contributed by atoms with Gasteiger partial charge in [-0.2, -0.15) is 5.10 Å². The van der Waals surface area contributed by atoms with Crippen LogP contribution in [0, 0.1) is 6.92 Å². The Bertz CT molecular complexity index is 1300. The molecular formula is C23H18ClN3O4. The number of amides is 1. The van der Waals surface area contributed by atoms with E-state index >= 15 is 0 Å². The number of fused-ring (bicyclic) bond motifs is 1. The number of aromatic amines is 1. The number of nitrogens with zero attached hydrogens (tertiary/aromatic N) is 2. The maximum Gasteiger partial charge on any atom is 0.273 e. The number of aromatic nitrogens is 2. The van der Waals surface area contributed by atoms with Crippen LogP contribution in [0.4, 0.5) is 0 Å². The topological polar surface area (TPSA) is 103 Å². The fraction of sp³-hybridized carbons (Fsp3) is 0.130. The molecule has 3 heterocycles. The second kappa shape index (κ2) is 7.21. The zero-order chi connectivity index (χ0) is 21.7. The van der Waals surface area contributed by atoms with Crippen molar-refractivity contribution < 1.29 is 19.4 Å². The van der Waals surface area contributed by atoms with E-state index in [0.29, 0.717) is 38.9 Å². The van der Waals surface area contributed by atoms with Crippen molar-refractivity contribution in [3.05, 3.63) is 88.0 Å². The van der Waals surface area contributed by atoms with Crippen LogP contribution >= 0.6 is 11.6 Å². The number of hydrogen-bond acceptors (Lipinski definition) is 5. The first-order chi connectivity index (χ1) is 14.9. The van der Waals surface area contributed by atoms with E-state index in [-0.39, 0.29) is 24.0 Å². The van der Waals surface area contributed by atoms with Crippen molar-refractivity contribution in [2.75, 3.05) is 0 Å². The lowest BCUT2D eigenvalue weighted by Crippen LogP contribution is -2.28. The van der Waals surface area contributed by atoms with Crippen LogP contribution in [0.2, 0.25) is 5.02 Å².